The lowest BCUT2D eigenvalue weighted by Crippen LogP contribution is -2.45. The second kappa shape index (κ2) is 74.1. The molecule has 0 aliphatic heterocycles. The average molecular weight is 1190 g/mol. The Balaban J connectivity index is 3.33. The van der Waals surface area contributed by atoms with Crippen LogP contribution in [0.25, 0.3) is 0 Å². The highest BCUT2D eigenvalue weighted by atomic mass is 16.5. The molecule has 500 valence electrons. The number of rotatable bonds is 74. The van der Waals surface area contributed by atoms with Gasteiger partial charge < -0.3 is 20.3 Å². The molecule has 0 spiro atoms. The van der Waals surface area contributed by atoms with Crippen molar-refractivity contribution in [3.8, 4) is 0 Å². The maximum atomic E-state index is 12.6. The Bertz CT molecular complexity index is 1270. The summed E-state index contributed by atoms with van der Waals surface area (Å²) in [5.74, 6) is -0.0139. The molecule has 84 heavy (non-hydrogen) atoms. The SMILES string of the molecule is CCCC/C=C\CCCCCCCC(=O)OCCCCCCCCCCCCCCCCCCCCCCCCCCCCCCCCCC(=O)NC(CO)C(O)CCCCCCCCCCCCCCCCCCCCCCCCCCC. The predicted octanol–water partition coefficient (Wildman–Crippen LogP) is 25.5. The summed E-state index contributed by atoms with van der Waals surface area (Å²) in [6, 6.07) is -0.539. The summed E-state index contributed by atoms with van der Waals surface area (Å²) < 4.78 is 5.47. The Labute approximate surface area is 527 Å². The minimum Gasteiger partial charge on any atom is -0.466 e. The van der Waals surface area contributed by atoms with Gasteiger partial charge in [-0.1, -0.05) is 405 Å². The molecule has 0 aromatic carbocycles. The van der Waals surface area contributed by atoms with Crippen molar-refractivity contribution in [3.63, 3.8) is 0 Å². The number of esters is 1. The first kappa shape index (κ1) is 82.6. The second-order valence-electron chi connectivity index (χ2n) is 27.0. The molecule has 0 aromatic heterocycles. The molecule has 0 bridgehead atoms. The Kier molecular flexibility index (Phi) is 72.8. The number of aliphatic hydroxyl groups excluding tert-OH is 2. The molecule has 2 unspecified atom stereocenters. The maximum Gasteiger partial charge on any atom is 0.305 e. The van der Waals surface area contributed by atoms with Crippen LogP contribution in [0.15, 0.2) is 12.2 Å². The van der Waals surface area contributed by atoms with E-state index < -0.39 is 12.1 Å². The fourth-order valence-corrected chi connectivity index (χ4v) is 12.6. The Morgan fingerprint density at radius 3 is 0.881 bits per heavy atom. The third kappa shape index (κ3) is 69.7. The van der Waals surface area contributed by atoms with Crippen LogP contribution in [0.5, 0.6) is 0 Å². The highest BCUT2D eigenvalue weighted by Crippen LogP contribution is 2.20. The number of amides is 1. The molecule has 2 atom stereocenters. The van der Waals surface area contributed by atoms with Crippen LogP contribution in [-0.4, -0.2) is 47.4 Å². The van der Waals surface area contributed by atoms with Crippen LogP contribution >= 0.6 is 0 Å². The number of hydrogen-bond donors (Lipinski definition) is 3. The fraction of sp³-hybridized carbons (Fsp3) is 0.949. The molecule has 0 radical (unpaired) electrons. The number of hydrogen-bond acceptors (Lipinski definition) is 5. The van der Waals surface area contributed by atoms with Gasteiger partial charge in [0.15, 0.2) is 0 Å². The molecule has 3 N–H and O–H groups in total. The Hall–Kier alpha value is -1.40. The minimum atomic E-state index is -0.662. The summed E-state index contributed by atoms with van der Waals surface area (Å²) in [4.78, 5) is 24.6. The molecule has 0 aromatic rings. The quantitative estimate of drug-likeness (QED) is 0.0320. The lowest BCUT2D eigenvalue weighted by atomic mass is 10.0. The Morgan fingerprint density at radius 2 is 0.571 bits per heavy atom. The number of ether oxygens (including phenoxy) is 1. The van der Waals surface area contributed by atoms with Crippen molar-refractivity contribution in [1.29, 1.82) is 0 Å². The molecule has 0 rings (SSSR count). The van der Waals surface area contributed by atoms with Gasteiger partial charge in [0.1, 0.15) is 0 Å². The molecule has 6 nitrogen and oxygen atoms in total. The molecule has 0 aliphatic carbocycles. The van der Waals surface area contributed by atoms with Crippen molar-refractivity contribution < 1.29 is 24.5 Å². The van der Waals surface area contributed by atoms with Crippen LogP contribution in [0.3, 0.4) is 0 Å². The van der Waals surface area contributed by atoms with E-state index in [1.165, 1.54) is 372 Å². The summed E-state index contributed by atoms with van der Waals surface area (Å²) >= 11 is 0. The molecule has 0 aliphatic rings. The number of unbranched alkanes of at least 4 members (excludes halogenated alkanes) is 61. The minimum absolute atomic E-state index is 0.0106. The van der Waals surface area contributed by atoms with Gasteiger partial charge in [0.25, 0.3) is 0 Å². The lowest BCUT2D eigenvalue weighted by Gasteiger charge is -2.22. The number of carbonyl (C=O) groups is 2. The van der Waals surface area contributed by atoms with Crippen molar-refractivity contribution in [2.75, 3.05) is 13.2 Å². The first-order valence-corrected chi connectivity index (χ1v) is 38.9. The molecule has 1 amide bonds. The smallest absolute Gasteiger partial charge is 0.305 e. The van der Waals surface area contributed by atoms with Crippen LogP contribution in [-0.2, 0) is 14.3 Å². The Morgan fingerprint density at radius 1 is 0.321 bits per heavy atom. The van der Waals surface area contributed by atoms with Gasteiger partial charge in [0, 0.05) is 12.8 Å². The van der Waals surface area contributed by atoms with Crippen LogP contribution in [0.2, 0.25) is 0 Å². The largest absolute Gasteiger partial charge is 0.466 e. The summed E-state index contributed by atoms with van der Waals surface area (Å²) in [6.45, 7) is 4.97. The number of nitrogens with one attached hydrogen (secondary N) is 1. The summed E-state index contributed by atoms with van der Waals surface area (Å²) in [7, 11) is 0. The van der Waals surface area contributed by atoms with Gasteiger partial charge in [-0.25, -0.2) is 0 Å². The van der Waals surface area contributed by atoms with Gasteiger partial charge >= 0.3 is 5.97 Å². The molecular formula is C78H153NO5. The van der Waals surface area contributed by atoms with Gasteiger partial charge in [-0.3, -0.25) is 9.59 Å². The zero-order chi connectivity index (χ0) is 60.6. The van der Waals surface area contributed by atoms with Gasteiger partial charge in [0.2, 0.25) is 5.91 Å². The van der Waals surface area contributed by atoms with Crippen molar-refractivity contribution in [2.45, 2.75) is 463 Å². The van der Waals surface area contributed by atoms with Crippen LogP contribution < -0.4 is 5.32 Å². The highest BCUT2D eigenvalue weighted by Gasteiger charge is 2.20. The van der Waals surface area contributed by atoms with E-state index in [2.05, 4.69) is 31.3 Å². The van der Waals surface area contributed by atoms with Crippen molar-refractivity contribution >= 4 is 11.9 Å². The van der Waals surface area contributed by atoms with E-state index in [1.807, 2.05) is 0 Å². The molecular weight excluding hydrogens is 1030 g/mol. The third-order valence-corrected chi connectivity index (χ3v) is 18.6. The topological polar surface area (TPSA) is 95.9 Å². The van der Waals surface area contributed by atoms with Crippen molar-refractivity contribution in [3.05, 3.63) is 12.2 Å². The number of carbonyl (C=O) groups excluding carboxylic acids is 2. The van der Waals surface area contributed by atoms with Gasteiger partial charge in [-0.15, -0.1) is 0 Å². The van der Waals surface area contributed by atoms with E-state index in [0.717, 1.165) is 44.9 Å². The molecule has 0 heterocycles. The first-order valence-electron chi connectivity index (χ1n) is 38.9. The summed E-state index contributed by atoms with van der Waals surface area (Å²) in [6.07, 6.45) is 93.0. The highest BCUT2D eigenvalue weighted by molar-refractivity contribution is 5.76. The van der Waals surface area contributed by atoms with E-state index >= 15 is 0 Å². The standard InChI is InChI=1S/C78H153NO5/c1-3-5-7-9-11-13-15-16-17-18-19-20-21-29-32-35-38-41-44-47-51-54-58-62-66-70-76(81)75(74-80)79-77(82)71-67-63-59-55-52-48-45-42-39-36-33-30-27-25-23-22-24-26-28-31-34-37-40-43-46-49-53-57-61-65-69-73-84-78(83)72-68-64-60-56-50-14-12-10-8-6-4-2/h10,12,75-76,80-81H,3-9,11,13-74H2,1-2H3,(H,79,82)/b12-10-. The van der Waals surface area contributed by atoms with Crippen LogP contribution in [0.1, 0.15) is 450 Å². The zero-order valence-electron chi connectivity index (χ0n) is 57.4. The van der Waals surface area contributed by atoms with E-state index in [0.29, 0.717) is 25.9 Å². The van der Waals surface area contributed by atoms with Gasteiger partial charge in [-0.05, 0) is 44.9 Å². The van der Waals surface area contributed by atoms with Crippen LogP contribution in [0, 0.1) is 0 Å². The second-order valence-corrected chi connectivity index (χ2v) is 27.0. The third-order valence-electron chi connectivity index (χ3n) is 18.6. The van der Waals surface area contributed by atoms with Crippen molar-refractivity contribution in [1.82, 2.24) is 5.32 Å². The molecule has 0 fully saturated rings. The van der Waals surface area contributed by atoms with Gasteiger partial charge in [-0.2, -0.15) is 0 Å². The van der Waals surface area contributed by atoms with E-state index in [-0.39, 0.29) is 18.5 Å². The molecule has 0 saturated heterocycles. The maximum absolute atomic E-state index is 12.6. The zero-order valence-corrected chi connectivity index (χ0v) is 57.4. The van der Waals surface area contributed by atoms with Gasteiger partial charge in [0.05, 0.1) is 25.4 Å². The summed E-state index contributed by atoms with van der Waals surface area (Å²) in [5, 5.41) is 23.5. The van der Waals surface area contributed by atoms with Crippen molar-refractivity contribution in [2.24, 2.45) is 0 Å². The van der Waals surface area contributed by atoms with E-state index in [9.17, 15) is 19.8 Å². The lowest BCUT2D eigenvalue weighted by molar-refractivity contribution is -0.143. The fourth-order valence-electron chi connectivity index (χ4n) is 12.6. The molecule has 6 heteroatoms. The average Bonchev–Trinajstić information content (AvgIpc) is 3.51. The first-order chi connectivity index (χ1) is 41.5. The predicted molar refractivity (Wildman–Crippen MR) is 370 cm³/mol. The summed E-state index contributed by atoms with van der Waals surface area (Å²) in [5.41, 5.74) is 0. The van der Waals surface area contributed by atoms with Crippen LogP contribution in [0.4, 0.5) is 0 Å². The van der Waals surface area contributed by atoms with E-state index in [4.69, 9.17) is 4.74 Å². The molecule has 0 saturated carbocycles. The van der Waals surface area contributed by atoms with E-state index in [1.54, 1.807) is 0 Å². The monoisotopic (exact) mass is 1180 g/mol. The number of allylic oxidation sites excluding steroid dienone is 2. The number of aliphatic hydroxyl groups is 2. The normalized spacial score (nSPS) is 12.5.